The molecule has 6 heteroatoms. The summed E-state index contributed by atoms with van der Waals surface area (Å²) >= 11 is 0. The molecule has 1 heterocycles. The molecule has 0 aromatic heterocycles. The van der Waals surface area contributed by atoms with Crippen molar-refractivity contribution in [3.8, 4) is 0 Å². The summed E-state index contributed by atoms with van der Waals surface area (Å²) in [6, 6.07) is 0. The predicted molar refractivity (Wildman–Crippen MR) is 44.1 cm³/mol. The molecule has 2 fully saturated rings. The Labute approximate surface area is 84.2 Å². The molecule has 0 radical (unpaired) electrons. The molecule has 2 aliphatic rings. The summed E-state index contributed by atoms with van der Waals surface area (Å²) < 4.78 is 50.9. The first-order valence-electron chi connectivity index (χ1n) is 4.82. The topological polar surface area (TPSA) is 20.3 Å². The number of alkyl halides is 4. The van der Waals surface area contributed by atoms with E-state index in [2.05, 4.69) is 0 Å². The van der Waals surface area contributed by atoms with E-state index in [0.29, 0.717) is 0 Å². The SMILES string of the molecule is O=C(CN1CC(F)(F)C(F)(F)C1)C1CC1. The molecule has 0 bridgehead atoms. The highest BCUT2D eigenvalue weighted by molar-refractivity contribution is 5.85. The Morgan fingerprint density at radius 2 is 1.60 bits per heavy atom. The second-order valence-electron chi connectivity index (χ2n) is 4.29. The van der Waals surface area contributed by atoms with Crippen LogP contribution in [0.25, 0.3) is 0 Å². The zero-order valence-corrected chi connectivity index (χ0v) is 7.98. The number of halogens is 4. The van der Waals surface area contributed by atoms with Gasteiger partial charge in [0, 0.05) is 5.92 Å². The van der Waals surface area contributed by atoms with Crippen LogP contribution in [0.2, 0.25) is 0 Å². The molecule has 15 heavy (non-hydrogen) atoms. The highest BCUT2D eigenvalue weighted by atomic mass is 19.3. The number of likely N-dealkylation sites (tertiary alicyclic amines) is 1. The van der Waals surface area contributed by atoms with Crippen molar-refractivity contribution in [2.45, 2.75) is 24.7 Å². The third kappa shape index (κ3) is 2.00. The van der Waals surface area contributed by atoms with Gasteiger partial charge in [0.05, 0.1) is 19.6 Å². The number of Topliss-reactive ketones (excluding diaryl/α,β-unsaturated/α-hetero) is 1. The average Bonchev–Trinajstić information content (AvgIpc) is 2.79. The minimum Gasteiger partial charge on any atom is -0.298 e. The maximum absolute atomic E-state index is 12.7. The van der Waals surface area contributed by atoms with E-state index in [1.165, 1.54) is 0 Å². The van der Waals surface area contributed by atoms with Gasteiger partial charge in [0.2, 0.25) is 0 Å². The second-order valence-corrected chi connectivity index (χ2v) is 4.29. The molecule has 1 aliphatic heterocycles. The van der Waals surface area contributed by atoms with E-state index in [1.54, 1.807) is 0 Å². The van der Waals surface area contributed by atoms with Crippen molar-refractivity contribution in [2.24, 2.45) is 5.92 Å². The normalized spacial score (nSPS) is 29.3. The first-order valence-corrected chi connectivity index (χ1v) is 4.82. The largest absolute Gasteiger partial charge is 0.323 e. The molecule has 0 unspecified atom stereocenters. The smallest absolute Gasteiger partial charge is 0.298 e. The van der Waals surface area contributed by atoms with Gasteiger partial charge in [-0.3, -0.25) is 9.69 Å². The number of carbonyl (C=O) groups excluding carboxylic acids is 1. The van der Waals surface area contributed by atoms with Crippen LogP contribution in [0.3, 0.4) is 0 Å². The van der Waals surface area contributed by atoms with E-state index >= 15 is 0 Å². The molecule has 0 atom stereocenters. The lowest BCUT2D eigenvalue weighted by molar-refractivity contribution is -0.172. The van der Waals surface area contributed by atoms with Crippen molar-refractivity contribution in [3.63, 3.8) is 0 Å². The summed E-state index contributed by atoms with van der Waals surface area (Å²) in [6.07, 6.45) is 1.53. The Bertz CT molecular complexity index is 272. The van der Waals surface area contributed by atoms with Crippen molar-refractivity contribution in [3.05, 3.63) is 0 Å². The monoisotopic (exact) mass is 225 g/mol. The van der Waals surface area contributed by atoms with E-state index in [9.17, 15) is 22.4 Å². The summed E-state index contributed by atoms with van der Waals surface area (Å²) in [6.45, 7) is -2.30. The summed E-state index contributed by atoms with van der Waals surface area (Å²) in [5.41, 5.74) is 0. The lowest BCUT2D eigenvalue weighted by Gasteiger charge is -2.15. The van der Waals surface area contributed by atoms with Crippen molar-refractivity contribution in [2.75, 3.05) is 19.6 Å². The van der Waals surface area contributed by atoms with Gasteiger partial charge in [-0.2, -0.15) is 17.6 Å². The van der Waals surface area contributed by atoms with Crippen LogP contribution >= 0.6 is 0 Å². The molecule has 1 saturated heterocycles. The van der Waals surface area contributed by atoms with Gasteiger partial charge in [0.15, 0.2) is 0 Å². The van der Waals surface area contributed by atoms with Gasteiger partial charge in [-0.25, -0.2) is 0 Å². The van der Waals surface area contributed by atoms with Gasteiger partial charge in [0.25, 0.3) is 0 Å². The van der Waals surface area contributed by atoms with Crippen LogP contribution in [0.1, 0.15) is 12.8 Å². The van der Waals surface area contributed by atoms with Gasteiger partial charge < -0.3 is 0 Å². The molecule has 0 amide bonds. The van der Waals surface area contributed by atoms with Crippen LogP contribution in [-0.4, -0.2) is 42.2 Å². The van der Waals surface area contributed by atoms with Gasteiger partial charge in [0.1, 0.15) is 5.78 Å². The van der Waals surface area contributed by atoms with Crippen molar-refractivity contribution < 1.29 is 22.4 Å². The zero-order chi connectivity index (χ0) is 11.3. The standard InChI is InChI=1S/C9H11F4NO/c10-8(11)4-14(5-9(8,12)13)3-7(15)6-1-2-6/h6H,1-5H2. The molecule has 0 N–H and O–H groups in total. The fraction of sp³-hybridized carbons (Fsp3) is 0.889. The Balaban J connectivity index is 1.94. The average molecular weight is 225 g/mol. The maximum atomic E-state index is 12.7. The molecule has 86 valence electrons. The van der Waals surface area contributed by atoms with E-state index in [0.717, 1.165) is 17.7 Å². The van der Waals surface area contributed by atoms with Crippen molar-refractivity contribution in [1.82, 2.24) is 4.90 Å². The molecular formula is C9H11F4NO. The minimum atomic E-state index is -4.00. The highest BCUT2D eigenvalue weighted by Gasteiger charge is 2.62. The summed E-state index contributed by atoms with van der Waals surface area (Å²) in [5, 5.41) is 0. The fourth-order valence-corrected chi connectivity index (χ4v) is 1.72. The molecule has 2 rings (SSSR count). The summed E-state index contributed by atoms with van der Waals surface area (Å²) in [5.74, 6) is -8.27. The van der Waals surface area contributed by atoms with E-state index in [1.807, 2.05) is 0 Å². The van der Waals surface area contributed by atoms with Crippen LogP contribution in [0.5, 0.6) is 0 Å². The van der Waals surface area contributed by atoms with E-state index in [-0.39, 0.29) is 18.2 Å². The van der Waals surface area contributed by atoms with E-state index < -0.39 is 24.9 Å². The predicted octanol–water partition coefficient (Wildman–Crippen LogP) is 1.55. The Morgan fingerprint density at radius 1 is 1.13 bits per heavy atom. The number of hydrogen-bond donors (Lipinski definition) is 0. The Kier molecular flexibility index (Phi) is 2.29. The molecule has 1 aliphatic carbocycles. The third-order valence-electron chi connectivity index (χ3n) is 2.79. The number of ketones is 1. The fourth-order valence-electron chi connectivity index (χ4n) is 1.72. The Morgan fingerprint density at radius 3 is 2.00 bits per heavy atom. The van der Waals surface area contributed by atoms with Gasteiger partial charge >= 0.3 is 11.8 Å². The van der Waals surface area contributed by atoms with Gasteiger partial charge in [-0.15, -0.1) is 0 Å². The zero-order valence-electron chi connectivity index (χ0n) is 7.98. The van der Waals surface area contributed by atoms with E-state index in [4.69, 9.17) is 0 Å². The van der Waals surface area contributed by atoms with Crippen molar-refractivity contribution in [1.29, 1.82) is 0 Å². The van der Waals surface area contributed by atoms with Crippen molar-refractivity contribution >= 4 is 5.78 Å². The first kappa shape index (κ1) is 10.9. The van der Waals surface area contributed by atoms with Crippen LogP contribution in [0, 0.1) is 5.92 Å². The number of hydrogen-bond acceptors (Lipinski definition) is 2. The van der Waals surface area contributed by atoms with Crippen LogP contribution in [-0.2, 0) is 4.79 Å². The number of rotatable bonds is 3. The maximum Gasteiger partial charge on any atom is 0.323 e. The third-order valence-corrected chi connectivity index (χ3v) is 2.79. The molecule has 1 saturated carbocycles. The minimum absolute atomic E-state index is 0.0761. The van der Waals surface area contributed by atoms with Crippen LogP contribution in [0.4, 0.5) is 17.6 Å². The molecule has 0 aromatic rings. The second kappa shape index (κ2) is 3.17. The highest BCUT2D eigenvalue weighted by Crippen LogP contribution is 2.41. The van der Waals surface area contributed by atoms with Gasteiger partial charge in [-0.1, -0.05) is 0 Å². The summed E-state index contributed by atoms with van der Waals surface area (Å²) in [4.78, 5) is 12.1. The molecule has 0 spiro atoms. The molecule has 0 aromatic carbocycles. The Hall–Kier alpha value is -0.650. The van der Waals surface area contributed by atoms with Crippen LogP contribution < -0.4 is 0 Å². The van der Waals surface area contributed by atoms with Crippen LogP contribution in [0.15, 0.2) is 0 Å². The molecule has 2 nitrogen and oxygen atoms in total. The van der Waals surface area contributed by atoms with Gasteiger partial charge in [-0.05, 0) is 12.8 Å². The first-order chi connectivity index (χ1) is 6.82. The summed E-state index contributed by atoms with van der Waals surface area (Å²) in [7, 11) is 0. The quantitative estimate of drug-likeness (QED) is 0.679. The number of nitrogens with zero attached hydrogens (tertiary/aromatic N) is 1. The lowest BCUT2D eigenvalue weighted by atomic mass is 10.2. The number of carbonyl (C=O) groups is 1. The lowest BCUT2D eigenvalue weighted by Crippen LogP contribution is -2.38. The molecular weight excluding hydrogens is 214 g/mol.